The van der Waals surface area contributed by atoms with Gasteiger partial charge < -0.3 is 34.8 Å². The van der Waals surface area contributed by atoms with Gasteiger partial charge in [-0.25, -0.2) is 9.59 Å². The SMILES string of the molecule is CN1C[C@]2(Cc3ccccc3)CN(C(=O)[C@@H](COCc3ccccc3)NC(=O)C(C)(C)NC(=O)OC(C)(C)C)CCN2C1=O. The van der Waals surface area contributed by atoms with Crippen molar-refractivity contribution in [3.63, 3.8) is 0 Å². The third-order valence-corrected chi connectivity index (χ3v) is 7.81. The van der Waals surface area contributed by atoms with Gasteiger partial charge in [0.25, 0.3) is 0 Å². The number of piperazine rings is 1. The van der Waals surface area contributed by atoms with Gasteiger partial charge >= 0.3 is 12.1 Å². The van der Waals surface area contributed by atoms with Gasteiger partial charge in [0.15, 0.2) is 0 Å². The Bertz CT molecular complexity index is 1330. The molecule has 4 rings (SSSR count). The number of benzene rings is 2. The van der Waals surface area contributed by atoms with Crippen molar-refractivity contribution in [3.8, 4) is 0 Å². The molecule has 5 amide bonds. The molecule has 2 aliphatic heterocycles. The second kappa shape index (κ2) is 13.3. The Hall–Kier alpha value is -4.12. The van der Waals surface area contributed by atoms with Crippen molar-refractivity contribution in [2.45, 2.75) is 70.4 Å². The zero-order valence-corrected chi connectivity index (χ0v) is 26.6. The van der Waals surface area contributed by atoms with E-state index in [4.69, 9.17) is 9.47 Å². The Labute approximate surface area is 259 Å². The predicted molar refractivity (Wildman–Crippen MR) is 166 cm³/mol. The average molecular weight is 608 g/mol. The van der Waals surface area contributed by atoms with Crippen LogP contribution < -0.4 is 10.6 Å². The van der Waals surface area contributed by atoms with E-state index in [2.05, 4.69) is 10.6 Å². The minimum atomic E-state index is -1.38. The lowest BCUT2D eigenvalue weighted by molar-refractivity contribution is -0.142. The van der Waals surface area contributed by atoms with Crippen molar-refractivity contribution in [2.75, 3.05) is 39.8 Å². The number of likely N-dealkylation sites (N-methyl/N-ethyl adjacent to an activating group) is 1. The summed E-state index contributed by atoms with van der Waals surface area (Å²) in [6, 6.07) is 18.4. The van der Waals surface area contributed by atoms with E-state index in [1.165, 1.54) is 0 Å². The maximum absolute atomic E-state index is 14.2. The van der Waals surface area contributed by atoms with E-state index in [0.717, 1.165) is 11.1 Å². The van der Waals surface area contributed by atoms with Crippen LogP contribution in [-0.2, 0) is 32.1 Å². The smallest absolute Gasteiger partial charge is 0.408 e. The van der Waals surface area contributed by atoms with Crippen molar-refractivity contribution in [1.82, 2.24) is 25.3 Å². The van der Waals surface area contributed by atoms with Gasteiger partial charge in [0.1, 0.15) is 17.2 Å². The highest BCUT2D eigenvalue weighted by Gasteiger charge is 2.52. The van der Waals surface area contributed by atoms with Gasteiger partial charge in [-0.1, -0.05) is 60.7 Å². The normalized spacial score (nSPS) is 19.3. The third-order valence-electron chi connectivity index (χ3n) is 7.81. The molecule has 0 radical (unpaired) electrons. The molecule has 2 heterocycles. The van der Waals surface area contributed by atoms with Crippen LogP contribution in [0, 0.1) is 0 Å². The summed E-state index contributed by atoms with van der Waals surface area (Å²) in [5, 5.41) is 5.43. The summed E-state index contributed by atoms with van der Waals surface area (Å²) in [5.41, 5.74) is -0.735. The molecule has 0 aromatic heterocycles. The number of hydrogen-bond donors (Lipinski definition) is 2. The number of nitrogens with one attached hydrogen (secondary N) is 2. The van der Waals surface area contributed by atoms with Crippen LogP contribution >= 0.6 is 0 Å². The number of hydrogen-bond acceptors (Lipinski definition) is 6. The van der Waals surface area contributed by atoms with Crippen molar-refractivity contribution >= 4 is 23.9 Å². The van der Waals surface area contributed by atoms with Crippen molar-refractivity contribution in [1.29, 1.82) is 0 Å². The molecule has 2 aromatic rings. The first-order chi connectivity index (χ1) is 20.7. The fraction of sp³-hybridized carbons (Fsp3) is 0.515. The summed E-state index contributed by atoms with van der Waals surface area (Å²) in [6.45, 7) is 9.95. The van der Waals surface area contributed by atoms with Gasteiger partial charge in [0.05, 0.1) is 18.8 Å². The van der Waals surface area contributed by atoms with Crippen LogP contribution in [0.15, 0.2) is 60.7 Å². The summed E-state index contributed by atoms with van der Waals surface area (Å²) in [6.07, 6.45) is -0.155. The first-order valence-corrected chi connectivity index (χ1v) is 15.0. The molecule has 0 saturated carbocycles. The van der Waals surface area contributed by atoms with Crippen LogP contribution in [0.4, 0.5) is 9.59 Å². The van der Waals surface area contributed by atoms with Crippen LogP contribution in [0.1, 0.15) is 45.7 Å². The Kier molecular flexibility index (Phi) is 9.88. The van der Waals surface area contributed by atoms with Gasteiger partial charge in [0.2, 0.25) is 11.8 Å². The van der Waals surface area contributed by atoms with Gasteiger partial charge in [-0.3, -0.25) is 9.59 Å². The quantitative estimate of drug-likeness (QED) is 0.428. The number of amides is 5. The third kappa shape index (κ3) is 8.07. The summed E-state index contributed by atoms with van der Waals surface area (Å²) in [5.74, 6) is -0.869. The fourth-order valence-electron chi connectivity index (χ4n) is 5.72. The molecule has 2 atom stereocenters. The van der Waals surface area contributed by atoms with Crippen molar-refractivity contribution in [2.24, 2.45) is 0 Å². The molecule has 11 heteroatoms. The molecule has 44 heavy (non-hydrogen) atoms. The van der Waals surface area contributed by atoms with Gasteiger partial charge in [-0.05, 0) is 52.2 Å². The summed E-state index contributed by atoms with van der Waals surface area (Å²) in [7, 11) is 1.78. The number of rotatable bonds is 10. The summed E-state index contributed by atoms with van der Waals surface area (Å²) >= 11 is 0. The average Bonchev–Trinajstić information content (AvgIpc) is 3.20. The number of ether oxygens (including phenoxy) is 2. The molecule has 0 spiro atoms. The topological polar surface area (TPSA) is 121 Å². The van der Waals surface area contributed by atoms with E-state index in [1.807, 2.05) is 65.6 Å². The van der Waals surface area contributed by atoms with E-state index in [9.17, 15) is 19.2 Å². The number of carbonyl (C=O) groups excluding carboxylic acids is 4. The predicted octanol–water partition coefficient (Wildman–Crippen LogP) is 3.18. The highest BCUT2D eigenvalue weighted by Crippen LogP contribution is 2.33. The van der Waals surface area contributed by atoms with Crippen LogP contribution in [0.25, 0.3) is 0 Å². The Balaban J connectivity index is 1.53. The molecule has 2 N–H and O–H groups in total. The van der Waals surface area contributed by atoms with E-state index < -0.39 is 34.7 Å². The molecule has 0 unspecified atom stereocenters. The second-order valence-corrected chi connectivity index (χ2v) is 13.2. The lowest BCUT2D eigenvalue weighted by atomic mass is 9.87. The van der Waals surface area contributed by atoms with E-state index in [-0.39, 0.29) is 25.2 Å². The summed E-state index contributed by atoms with van der Waals surface area (Å²) < 4.78 is 11.3. The van der Waals surface area contributed by atoms with Crippen LogP contribution in [-0.4, -0.2) is 101 Å². The Morgan fingerprint density at radius 3 is 2.14 bits per heavy atom. The van der Waals surface area contributed by atoms with Crippen molar-refractivity contribution in [3.05, 3.63) is 71.8 Å². The highest BCUT2D eigenvalue weighted by molar-refractivity contribution is 5.94. The summed E-state index contributed by atoms with van der Waals surface area (Å²) in [4.78, 5) is 58.5. The molecule has 11 nitrogen and oxygen atoms in total. The first-order valence-electron chi connectivity index (χ1n) is 15.0. The zero-order chi connectivity index (χ0) is 32.1. The van der Waals surface area contributed by atoms with Crippen LogP contribution in [0.2, 0.25) is 0 Å². The Morgan fingerprint density at radius 1 is 0.909 bits per heavy atom. The lowest BCUT2D eigenvalue weighted by Crippen LogP contribution is -2.66. The van der Waals surface area contributed by atoms with Gasteiger partial charge in [0, 0.05) is 33.2 Å². The largest absolute Gasteiger partial charge is 0.444 e. The molecular formula is C33H45N5O6. The monoisotopic (exact) mass is 607 g/mol. The van der Waals surface area contributed by atoms with E-state index >= 15 is 0 Å². The Morgan fingerprint density at radius 2 is 1.52 bits per heavy atom. The molecule has 238 valence electrons. The maximum Gasteiger partial charge on any atom is 0.408 e. The fourth-order valence-corrected chi connectivity index (χ4v) is 5.72. The molecule has 2 saturated heterocycles. The molecule has 2 fully saturated rings. The molecule has 0 aliphatic carbocycles. The standard InChI is InChI=1S/C33H45N5O6/c1-31(2,3)44-29(41)35-32(4,5)28(40)34-26(21-43-20-25-15-11-8-12-16-25)27(39)37-17-18-38-30(42)36(6)22-33(38,23-37)19-24-13-9-7-10-14-24/h7-16,26H,17-23H2,1-6H3,(H,34,40)(H,35,41)/t26-,33-/m1/s1. The first kappa shape index (κ1) is 32.8. The van der Waals surface area contributed by atoms with E-state index in [0.29, 0.717) is 32.6 Å². The second-order valence-electron chi connectivity index (χ2n) is 13.2. The van der Waals surface area contributed by atoms with E-state index in [1.54, 1.807) is 51.5 Å². The number of alkyl carbamates (subject to hydrolysis) is 1. The maximum atomic E-state index is 14.2. The molecule has 2 aromatic carbocycles. The number of carbonyl (C=O) groups is 4. The lowest BCUT2D eigenvalue weighted by Gasteiger charge is -2.46. The minimum Gasteiger partial charge on any atom is -0.444 e. The number of fused-ring (bicyclic) bond motifs is 1. The van der Waals surface area contributed by atoms with Crippen molar-refractivity contribution < 1.29 is 28.7 Å². The minimum absolute atomic E-state index is 0.0564. The molecular weight excluding hydrogens is 562 g/mol. The highest BCUT2D eigenvalue weighted by atomic mass is 16.6. The zero-order valence-electron chi connectivity index (χ0n) is 26.6. The number of nitrogens with zero attached hydrogens (tertiary/aromatic N) is 3. The van der Waals surface area contributed by atoms with Gasteiger partial charge in [-0.2, -0.15) is 0 Å². The van der Waals surface area contributed by atoms with Crippen LogP contribution in [0.5, 0.6) is 0 Å². The number of urea groups is 1. The van der Waals surface area contributed by atoms with Gasteiger partial charge in [-0.15, -0.1) is 0 Å². The molecule has 0 bridgehead atoms. The molecule has 2 aliphatic rings. The van der Waals surface area contributed by atoms with Crippen LogP contribution in [0.3, 0.4) is 0 Å².